The molecule has 0 radical (unpaired) electrons. The first kappa shape index (κ1) is 14.9. The van der Waals surface area contributed by atoms with Crippen LogP contribution in [0, 0.1) is 11.3 Å². The van der Waals surface area contributed by atoms with Gasteiger partial charge >= 0.3 is 0 Å². The average Bonchev–Trinajstić information content (AvgIpc) is 2.14. The smallest absolute Gasteiger partial charge is 0.227 e. The number of hydrogen-bond acceptors (Lipinski definition) is 4. The summed E-state index contributed by atoms with van der Waals surface area (Å²) in [4.78, 5) is 11.2. The minimum atomic E-state index is -3.63. The van der Waals surface area contributed by atoms with Crippen LogP contribution in [-0.4, -0.2) is 32.2 Å². The second-order valence-electron chi connectivity index (χ2n) is 3.68. The number of carbonyl (C=O) groups excluding carboxylic acids is 1. The van der Waals surface area contributed by atoms with Gasteiger partial charge in [0, 0.05) is 19.0 Å². The van der Waals surface area contributed by atoms with Crippen LogP contribution in [-0.2, 0) is 14.8 Å². The summed E-state index contributed by atoms with van der Waals surface area (Å²) >= 11 is 0. The zero-order chi connectivity index (χ0) is 12.8. The molecule has 0 aliphatic heterocycles. The quantitative estimate of drug-likeness (QED) is 0.675. The predicted octanol–water partition coefficient (Wildman–Crippen LogP) is -0.267. The zero-order valence-corrected chi connectivity index (χ0v) is 10.5. The van der Waals surface area contributed by atoms with Crippen LogP contribution in [0.4, 0.5) is 0 Å². The van der Waals surface area contributed by atoms with Crippen molar-refractivity contribution >= 4 is 15.9 Å². The number of rotatable bonds is 6. The minimum Gasteiger partial charge on any atom is -0.354 e. The van der Waals surface area contributed by atoms with E-state index in [-0.39, 0.29) is 24.9 Å². The second kappa shape index (κ2) is 6.45. The number of hydrogen-bond donors (Lipinski definition) is 2. The van der Waals surface area contributed by atoms with Gasteiger partial charge in [-0.15, -0.1) is 0 Å². The maximum absolute atomic E-state index is 11.3. The average molecular weight is 247 g/mol. The van der Waals surface area contributed by atoms with Gasteiger partial charge in [-0.05, 0) is 20.8 Å². The van der Waals surface area contributed by atoms with E-state index in [0.717, 1.165) is 0 Å². The fourth-order valence-electron chi connectivity index (χ4n) is 0.895. The molecule has 2 N–H and O–H groups in total. The van der Waals surface area contributed by atoms with E-state index in [0.29, 0.717) is 0 Å². The van der Waals surface area contributed by atoms with Gasteiger partial charge in [0.25, 0.3) is 0 Å². The second-order valence-corrected chi connectivity index (χ2v) is 5.77. The summed E-state index contributed by atoms with van der Waals surface area (Å²) in [6.45, 7) is 4.93. The third kappa shape index (κ3) is 5.68. The highest BCUT2D eigenvalue weighted by Crippen LogP contribution is 1.95. The third-order valence-corrected chi connectivity index (χ3v) is 3.40. The molecule has 0 fully saturated rings. The van der Waals surface area contributed by atoms with Crippen LogP contribution in [0.3, 0.4) is 0 Å². The van der Waals surface area contributed by atoms with Crippen molar-refractivity contribution in [3.63, 3.8) is 0 Å². The van der Waals surface area contributed by atoms with E-state index in [1.165, 1.54) is 6.92 Å². The summed E-state index contributed by atoms with van der Waals surface area (Å²) in [5.74, 6) is -0.220. The molecule has 1 unspecified atom stereocenters. The summed E-state index contributed by atoms with van der Waals surface area (Å²) in [5.41, 5.74) is 0. The molecule has 0 aliphatic rings. The SMILES string of the molecule is CC(C)NC(=O)CCNS(=O)(=O)C(C)C#N. The first-order valence-corrected chi connectivity index (χ1v) is 6.51. The molecular weight excluding hydrogens is 230 g/mol. The molecule has 0 aromatic rings. The molecule has 0 aromatic heterocycles. The molecule has 0 spiro atoms. The molecule has 0 aromatic carbocycles. The van der Waals surface area contributed by atoms with E-state index in [1.54, 1.807) is 6.07 Å². The topological polar surface area (TPSA) is 99.1 Å². The van der Waals surface area contributed by atoms with Crippen molar-refractivity contribution in [2.75, 3.05) is 6.54 Å². The molecule has 0 aliphatic carbocycles. The van der Waals surface area contributed by atoms with Crippen molar-refractivity contribution in [1.29, 1.82) is 5.26 Å². The summed E-state index contributed by atoms with van der Waals surface area (Å²) in [7, 11) is -3.63. The van der Waals surface area contributed by atoms with E-state index in [9.17, 15) is 13.2 Å². The molecule has 16 heavy (non-hydrogen) atoms. The molecule has 1 atom stereocenters. The van der Waals surface area contributed by atoms with Crippen molar-refractivity contribution in [2.45, 2.75) is 38.5 Å². The van der Waals surface area contributed by atoms with Gasteiger partial charge in [-0.25, -0.2) is 13.1 Å². The van der Waals surface area contributed by atoms with Gasteiger partial charge < -0.3 is 5.32 Å². The number of nitrogens with one attached hydrogen (secondary N) is 2. The van der Waals surface area contributed by atoms with Gasteiger partial charge in [0.1, 0.15) is 0 Å². The highest BCUT2D eigenvalue weighted by atomic mass is 32.2. The molecular formula is C9H17N3O3S. The first-order chi connectivity index (χ1) is 7.29. The molecule has 0 saturated heterocycles. The first-order valence-electron chi connectivity index (χ1n) is 4.97. The Labute approximate surface area is 96.1 Å². The predicted molar refractivity (Wildman–Crippen MR) is 59.9 cm³/mol. The van der Waals surface area contributed by atoms with Crippen LogP contribution in [0.15, 0.2) is 0 Å². The Morgan fingerprint density at radius 1 is 1.38 bits per heavy atom. The van der Waals surface area contributed by atoms with Gasteiger partial charge in [0.05, 0.1) is 6.07 Å². The lowest BCUT2D eigenvalue weighted by Crippen LogP contribution is -2.36. The monoisotopic (exact) mass is 247 g/mol. The summed E-state index contributed by atoms with van der Waals surface area (Å²) in [6, 6.07) is 1.65. The fourth-order valence-corrected chi connectivity index (χ4v) is 1.67. The Morgan fingerprint density at radius 3 is 2.38 bits per heavy atom. The summed E-state index contributed by atoms with van der Waals surface area (Å²) in [6.07, 6.45) is 0.0650. The molecule has 0 rings (SSSR count). The van der Waals surface area contributed by atoms with Gasteiger partial charge in [-0.1, -0.05) is 0 Å². The van der Waals surface area contributed by atoms with E-state index < -0.39 is 15.3 Å². The number of amides is 1. The lowest BCUT2D eigenvalue weighted by molar-refractivity contribution is -0.121. The maximum Gasteiger partial charge on any atom is 0.227 e. The Morgan fingerprint density at radius 2 is 1.94 bits per heavy atom. The van der Waals surface area contributed by atoms with Crippen molar-refractivity contribution in [3.05, 3.63) is 0 Å². The fraction of sp³-hybridized carbons (Fsp3) is 0.778. The van der Waals surface area contributed by atoms with Crippen LogP contribution in [0.2, 0.25) is 0 Å². The zero-order valence-electron chi connectivity index (χ0n) is 9.65. The molecule has 0 bridgehead atoms. The van der Waals surface area contributed by atoms with Crippen molar-refractivity contribution < 1.29 is 13.2 Å². The van der Waals surface area contributed by atoms with Crippen LogP contribution < -0.4 is 10.0 Å². The summed E-state index contributed by atoms with van der Waals surface area (Å²) < 4.78 is 24.8. The van der Waals surface area contributed by atoms with Crippen molar-refractivity contribution in [2.24, 2.45) is 0 Å². The van der Waals surface area contributed by atoms with Crippen LogP contribution >= 0.6 is 0 Å². The normalized spacial score (nSPS) is 13.2. The highest BCUT2D eigenvalue weighted by molar-refractivity contribution is 7.90. The number of nitriles is 1. The number of carbonyl (C=O) groups is 1. The standard InChI is InChI=1S/C9H17N3O3S/c1-7(2)12-9(13)4-5-11-16(14,15)8(3)6-10/h7-8,11H,4-5H2,1-3H3,(H,12,13). The summed E-state index contributed by atoms with van der Waals surface area (Å²) in [5, 5.41) is 9.97. The Balaban J connectivity index is 4.01. The lowest BCUT2D eigenvalue weighted by atomic mass is 10.3. The lowest BCUT2D eigenvalue weighted by Gasteiger charge is -2.09. The van der Waals surface area contributed by atoms with E-state index in [1.807, 2.05) is 13.8 Å². The van der Waals surface area contributed by atoms with Gasteiger partial charge in [0.2, 0.25) is 15.9 Å². The molecule has 1 amide bonds. The maximum atomic E-state index is 11.3. The van der Waals surface area contributed by atoms with Crippen molar-refractivity contribution in [3.8, 4) is 6.07 Å². The van der Waals surface area contributed by atoms with Gasteiger partial charge in [-0.2, -0.15) is 5.26 Å². The Bertz CT molecular complexity index is 370. The largest absolute Gasteiger partial charge is 0.354 e. The molecule has 6 nitrogen and oxygen atoms in total. The molecule has 0 saturated carbocycles. The Hall–Kier alpha value is -1.13. The van der Waals surface area contributed by atoms with Gasteiger partial charge in [-0.3, -0.25) is 4.79 Å². The number of nitrogens with zero attached hydrogens (tertiary/aromatic N) is 1. The van der Waals surface area contributed by atoms with Crippen LogP contribution in [0.25, 0.3) is 0 Å². The minimum absolute atomic E-state index is 0.00685. The van der Waals surface area contributed by atoms with E-state index in [4.69, 9.17) is 5.26 Å². The van der Waals surface area contributed by atoms with E-state index in [2.05, 4.69) is 10.0 Å². The van der Waals surface area contributed by atoms with Crippen LogP contribution in [0.1, 0.15) is 27.2 Å². The van der Waals surface area contributed by atoms with Crippen LogP contribution in [0.5, 0.6) is 0 Å². The van der Waals surface area contributed by atoms with Crippen molar-refractivity contribution in [1.82, 2.24) is 10.0 Å². The van der Waals surface area contributed by atoms with Gasteiger partial charge in [0.15, 0.2) is 5.25 Å². The number of sulfonamides is 1. The highest BCUT2D eigenvalue weighted by Gasteiger charge is 2.19. The Kier molecular flexibility index (Phi) is 6.00. The molecule has 0 heterocycles. The third-order valence-electron chi connectivity index (χ3n) is 1.75. The molecule has 92 valence electrons. The molecule has 7 heteroatoms. The van der Waals surface area contributed by atoms with E-state index >= 15 is 0 Å².